The number of amides is 2. The van der Waals surface area contributed by atoms with Crippen molar-refractivity contribution in [3.8, 4) is 0 Å². The number of likely N-dealkylation sites (tertiary alicyclic amines) is 1. The minimum absolute atomic E-state index is 0.0585. The topological polar surface area (TPSA) is 108 Å². The second kappa shape index (κ2) is 10.7. The number of hydrogen-bond donors (Lipinski definition) is 1. The monoisotopic (exact) mass is 537 g/mol. The number of aliphatic imine (C=N–C) groups is 1. The minimum Gasteiger partial charge on any atom is -0.338 e. The van der Waals surface area contributed by atoms with Crippen LogP contribution in [0.2, 0.25) is 0 Å². The van der Waals surface area contributed by atoms with Crippen LogP contribution in [0.1, 0.15) is 53.5 Å². The highest BCUT2D eigenvalue weighted by Crippen LogP contribution is 2.38. The quantitative estimate of drug-likeness (QED) is 0.272. The van der Waals surface area contributed by atoms with Gasteiger partial charge in [0.2, 0.25) is 11.8 Å². The van der Waals surface area contributed by atoms with Crippen LogP contribution in [-0.2, 0) is 29.1 Å². The molecule has 3 aliphatic heterocycles. The molecule has 6 rings (SSSR count). The van der Waals surface area contributed by atoms with Crippen molar-refractivity contribution < 1.29 is 14.5 Å². The minimum atomic E-state index is -0.788. The predicted molar refractivity (Wildman–Crippen MR) is 153 cm³/mol. The van der Waals surface area contributed by atoms with Crippen molar-refractivity contribution in [2.24, 2.45) is 4.99 Å². The molecule has 1 saturated heterocycles. The number of hydrogen-bond acceptors (Lipinski definition) is 6. The zero-order chi connectivity index (χ0) is 27.8. The average molecular weight is 538 g/mol. The van der Waals surface area contributed by atoms with E-state index in [1.54, 1.807) is 13.0 Å². The Morgan fingerprint density at radius 1 is 1.02 bits per heavy atom. The van der Waals surface area contributed by atoms with E-state index in [1.807, 2.05) is 35.2 Å². The van der Waals surface area contributed by atoms with Crippen LogP contribution in [0, 0.1) is 10.1 Å². The molecule has 9 nitrogen and oxygen atoms in total. The van der Waals surface area contributed by atoms with Gasteiger partial charge in [-0.05, 0) is 72.8 Å². The first-order valence-corrected chi connectivity index (χ1v) is 13.7. The summed E-state index contributed by atoms with van der Waals surface area (Å²) in [5.74, 6) is -0.989. The lowest BCUT2D eigenvalue weighted by molar-refractivity contribution is -0.384. The molecule has 0 saturated carbocycles. The Balaban J connectivity index is 1.40. The molecule has 2 amide bonds. The third-order valence-corrected chi connectivity index (χ3v) is 8.10. The van der Waals surface area contributed by atoms with Crippen molar-refractivity contribution in [1.82, 2.24) is 9.80 Å². The summed E-state index contributed by atoms with van der Waals surface area (Å²) in [7, 11) is 0. The fourth-order valence-corrected chi connectivity index (χ4v) is 5.93. The number of nitrogens with zero attached hydrogens (tertiary/aromatic N) is 4. The smallest absolute Gasteiger partial charge is 0.269 e. The van der Waals surface area contributed by atoms with E-state index in [0.717, 1.165) is 42.7 Å². The number of nitrogens with one attached hydrogen (secondary N) is 1. The molecule has 204 valence electrons. The van der Waals surface area contributed by atoms with E-state index in [9.17, 15) is 19.7 Å². The fourth-order valence-electron chi connectivity index (χ4n) is 5.93. The van der Waals surface area contributed by atoms with Crippen LogP contribution in [-0.4, -0.2) is 51.9 Å². The van der Waals surface area contributed by atoms with E-state index in [0.29, 0.717) is 35.7 Å². The van der Waals surface area contributed by atoms with Gasteiger partial charge in [0, 0.05) is 49.9 Å². The Morgan fingerprint density at radius 2 is 1.80 bits per heavy atom. The zero-order valence-electron chi connectivity index (χ0n) is 22.4. The Morgan fingerprint density at radius 3 is 2.52 bits per heavy atom. The van der Waals surface area contributed by atoms with Crippen molar-refractivity contribution in [3.63, 3.8) is 0 Å². The maximum absolute atomic E-state index is 13.3. The van der Waals surface area contributed by atoms with E-state index < -0.39 is 10.8 Å². The first-order valence-electron chi connectivity index (χ1n) is 13.7. The van der Waals surface area contributed by atoms with Crippen LogP contribution in [0.15, 0.2) is 65.7 Å². The van der Waals surface area contributed by atoms with Crippen LogP contribution < -0.4 is 5.32 Å². The number of anilines is 1. The summed E-state index contributed by atoms with van der Waals surface area (Å²) >= 11 is 0. The molecular formula is C31H31N5O4. The first kappa shape index (κ1) is 25.9. The van der Waals surface area contributed by atoms with Crippen LogP contribution in [0.4, 0.5) is 17.1 Å². The van der Waals surface area contributed by atoms with Gasteiger partial charge in [-0.15, -0.1) is 0 Å². The molecule has 0 bridgehead atoms. The van der Waals surface area contributed by atoms with Crippen molar-refractivity contribution in [3.05, 3.63) is 98.6 Å². The van der Waals surface area contributed by atoms with Crippen molar-refractivity contribution >= 4 is 34.6 Å². The third-order valence-electron chi connectivity index (χ3n) is 8.10. The van der Waals surface area contributed by atoms with Gasteiger partial charge in [0.25, 0.3) is 5.69 Å². The van der Waals surface area contributed by atoms with Crippen molar-refractivity contribution in [2.45, 2.75) is 45.2 Å². The van der Waals surface area contributed by atoms with Gasteiger partial charge < -0.3 is 10.2 Å². The lowest BCUT2D eigenvalue weighted by Gasteiger charge is -2.28. The van der Waals surface area contributed by atoms with Crippen LogP contribution >= 0.6 is 0 Å². The Labute approximate surface area is 232 Å². The van der Waals surface area contributed by atoms with Crippen molar-refractivity contribution in [1.29, 1.82) is 0 Å². The highest BCUT2D eigenvalue weighted by Gasteiger charge is 2.37. The van der Waals surface area contributed by atoms with Gasteiger partial charge in [0.1, 0.15) is 5.92 Å². The molecule has 40 heavy (non-hydrogen) atoms. The number of non-ortho nitro benzene ring substituents is 1. The van der Waals surface area contributed by atoms with Gasteiger partial charge in [-0.3, -0.25) is 29.6 Å². The van der Waals surface area contributed by atoms with E-state index in [-0.39, 0.29) is 17.5 Å². The number of rotatable bonds is 6. The zero-order valence-corrected chi connectivity index (χ0v) is 22.4. The van der Waals surface area contributed by atoms with Gasteiger partial charge in [-0.25, -0.2) is 0 Å². The molecule has 0 radical (unpaired) electrons. The highest BCUT2D eigenvalue weighted by molar-refractivity contribution is 6.24. The number of carbonyl (C=O) groups excluding carboxylic acids is 2. The third kappa shape index (κ3) is 5.12. The summed E-state index contributed by atoms with van der Waals surface area (Å²) in [6.45, 7) is 5.91. The van der Waals surface area contributed by atoms with E-state index in [4.69, 9.17) is 4.99 Å². The van der Waals surface area contributed by atoms with Crippen LogP contribution in [0.3, 0.4) is 0 Å². The molecule has 1 unspecified atom stereocenters. The lowest BCUT2D eigenvalue weighted by Crippen LogP contribution is -2.34. The summed E-state index contributed by atoms with van der Waals surface area (Å²) < 4.78 is 0. The molecule has 0 spiro atoms. The Hall–Kier alpha value is -4.37. The molecule has 1 N–H and O–H groups in total. The van der Waals surface area contributed by atoms with Crippen LogP contribution in [0.5, 0.6) is 0 Å². The number of benzene rings is 3. The standard InChI is InChI=1S/C31H31N5O4/c1-20(37)35-15-12-23-16-25(9-8-24(23)19-35)32-30(22-6-4-21(5-7-22)18-34-13-2-3-14-34)29-27-17-26(36(39)40)10-11-28(27)33-31(29)38/h4-11,16-17,29H,2-3,12-15,18-19H2,1H3,(H,33,38). The van der Waals surface area contributed by atoms with E-state index in [1.165, 1.54) is 30.5 Å². The van der Waals surface area contributed by atoms with Gasteiger partial charge in [-0.1, -0.05) is 30.3 Å². The number of carbonyl (C=O) groups is 2. The lowest BCUT2D eigenvalue weighted by atomic mass is 9.90. The first-order chi connectivity index (χ1) is 19.4. The number of nitro benzene ring substituents is 1. The molecule has 1 atom stereocenters. The SMILES string of the molecule is CC(=O)N1CCc2cc(N=C(c3ccc(CN4CCCC4)cc3)C3C(=O)Nc4ccc([N+](=O)[O-])cc43)ccc2C1. The fraction of sp³-hybridized carbons (Fsp3) is 0.323. The predicted octanol–water partition coefficient (Wildman–Crippen LogP) is 4.95. The van der Waals surface area contributed by atoms with Gasteiger partial charge in [-0.2, -0.15) is 0 Å². The van der Waals surface area contributed by atoms with Gasteiger partial charge in [0.15, 0.2) is 0 Å². The number of nitro groups is 1. The molecule has 3 aliphatic rings. The highest BCUT2D eigenvalue weighted by atomic mass is 16.6. The molecule has 0 aromatic heterocycles. The van der Waals surface area contributed by atoms with Crippen molar-refractivity contribution in [2.75, 3.05) is 25.0 Å². The summed E-state index contributed by atoms with van der Waals surface area (Å²) in [5, 5.41) is 14.4. The molecular weight excluding hydrogens is 506 g/mol. The molecule has 1 fully saturated rings. The molecule has 0 aliphatic carbocycles. The van der Waals surface area contributed by atoms with Gasteiger partial charge >= 0.3 is 0 Å². The molecule has 3 aromatic rings. The normalized spacial score (nSPS) is 18.8. The average Bonchev–Trinajstić information content (AvgIpc) is 3.58. The largest absolute Gasteiger partial charge is 0.338 e. The van der Waals surface area contributed by atoms with E-state index >= 15 is 0 Å². The second-order valence-electron chi connectivity index (χ2n) is 10.8. The second-order valence-corrected chi connectivity index (χ2v) is 10.8. The summed E-state index contributed by atoms with van der Waals surface area (Å²) in [6, 6.07) is 18.5. The molecule has 3 heterocycles. The summed E-state index contributed by atoms with van der Waals surface area (Å²) in [5.41, 5.74) is 6.51. The van der Waals surface area contributed by atoms with E-state index in [2.05, 4.69) is 22.3 Å². The maximum atomic E-state index is 13.3. The van der Waals surface area contributed by atoms with Gasteiger partial charge in [0.05, 0.1) is 16.3 Å². The maximum Gasteiger partial charge on any atom is 0.269 e. The molecule has 3 aromatic carbocycles. The van der Waals surface area contributed by atoms with Crippen LogP contribution in [0.25, 0.3) is 0 Å². The number of fused-ring (bicyclic) bond motifs is 2. The Kier molecular flexibility index (Phi) is 6.89. The summed E-state index contributed by atoms with van der Waals surface area (Å²) in [4.78, 5) is 45.6. The summed E-state index contributed by atoms with van der Waals surface area (Å²) in [6.07, 6.45) is 3.19. The molecule has 9 heteroatoms. The Bertz CT molecular complexity index is 1530.